The van der Waals surface area contributed by atoms with E-state index < -0.39 is 27.8 Å². The summed E-state index contributed by atoms with van der Waals surface area (Å²) in [4.78, 5) is 27.1. The summed E-state index contributed by atoms with van der Waals surface area (Å²) in [5.74, 6) is -0.607. The van der Waals surface area contributed by atoms with Crippen LogP contribution >= 0.6 is 34.7 Å². The fraction of sp³-hybridized carbons (Fsp3) is 0.206. The molecular weight excluding hydrogens is 667 g/mol. The van der Waals surface area contributed by atoms with E-state index in [2.05, 4.69) is 9.69 Å². The quantitative estimate of drug-likeness (QED) is 0.142. The lowest BCUT2D eigenvalue weighted by Gasteiger charge is -2.19. The van der Waals surface area contributed by atoms with Gasteiger partial charge in [-0.15, -0.1) is 0 Å². The average Bonchev–Trinajstić information content (AvgIpc) is 3.45. The molecule has 0 unspecified atom stereocenters. The van der Waals surface area contributed by atoms with Crippen molar-refractivity contribution >= 4 is 66.5 Å². The van der Waals surface area contributed by atoms with Crippen molar-refractivity contribution in [2.24, 2.45) is 0 Å². The maximum absolute atomic E-state index is 13.7. The molecule has 8 nitrogen and oxygen atoms in total. The van der Waals surface area contributed by atoms with Crippen LogP contribution in [0.1, 0.15) is 32.7 Å². The van der Waals surface area contributed by atoms with Crippen LogP contribution in [0.4, 0.5) is 0 Å². The molecule has 0 radical (unpaired) electrons. The third kappa shape index (κ3) is 8.06. The number of esters is 1. The highest BCUT2D eigenvalue weighted by Gasteiger charge is 2.28. The SMILES string of the molecule is COc1cccc(CCc2nsc3c(Cl)c(C(=O)N[C@@H](Cc4cccc(S(C)(=O)=O)c4)C(=O)OCc4ccccc4)c(Cl)cc23)c1. The maximum atomic E-state index is 13.7. The number of nitrogens with zero attached hydrogens (tertiary/aromatic N) is 1. The fourth-order valence-corrected chi connectivity index (χ4v) is 7.20. The van der Waals surface area contributed by atoms with Crippen LogP contribution < -0.4 is 10.1 Å². The van der Waals surface area contributed by atoms with Gasteiger partial charge < -0.3 is 14.8 Å². The van der Waals surface area contributed by atoms with E-state index in [9.17, 15) is 18.0 Å². The van der Waals surface area contributed by atoms with Gasteiger partial charge in [0.2, 0.25) is 0 Å². The van der Waals surface area contributed by atoms with E-state index in [-0.39, 0.29) is 33.5 Å². The number of ether oxygens (including phenoxy) is 2. The van der Waals surface area contributed by atoms with E-state index in [1.807, 2.05) is 54.6 Å². The number of benzene rings is 4. The summed E-state index contributed by atoms with van der Waals surface area (Å²) >= 11 is 14.6. The van der Waals surface area contributed by atoms with E-state index >= 15 is 0 Å². The smallest absolute Gasteiger partial charge is 0.329 e. The number of aryl methyl sites for hydroxylation is 2. The number of methoxy groups -OCH3 is 1. The minimum absolute atomic E-state index is 0.00424. The molecule has 0 saturated heterocycles. The van der Waals surface area contributed by atoms with Gasteiger partial charge in [-0.3, -0.25) is 4.79 Å². The predicted octanol–water partition coefficient (Wildman–Crippen LogP) is 6.88. The van der Waals surface area contributed by atoms with Crippen molar-refractivity contribution < 1.29 is 27.5 Å². The van der Waals surface area contributed by atoms with E-state index in [4.69, 9.17) is 32.7 Å². The highest BCUT2D eigenvalue weighted by molar-refractivity contribution is 7.90. The summed E-state index contributed by atoms with van der Waals surface area (Å²) in [6, 6.07) is 23.6. The fourth-order valence-electron chi connectivity index (χ4n) is 4.93. The molecule has 0 fully saturated rings. The largest absolute Gasteiger partial charge is 0.497 e. The number of rotatable bonds is 12. The number of nitrogens with one attached hydrogen (secondary N) is 1. The molecule has 5 aromatic rings. The van der Waals surface area contributed by atoms with Crippen LogP contribution in [0.25, 0.3) is 10.1 Å². The zero-order valence-corrected chi connectivity index (χ0v) is 28.1. The number of carbonyl (C=O) groups excluding carboxylic acids is 2. The van der Waals surface area contributed by atoms with Gasteiger partial charge in [-0.05, 0) is 71.4 Å². The van der Waals surface area contributed by atoms with Gasteiger partial charge in [-0.2, -0.15) is 4.37 Å². The lowest BCUT2D eigenvalue weighted by Crippen LogP contribution is -2.43. The molecule has 0 aliphatic heterocycles. The lowest BCUT2D eigenvalue weighted by molar-refractivity contribution is -0.147. The van der Waals surface area contributed by atoms with Crippen LogP contribution in [-0.2, 0) is 45.2 Å². The summed E-state index contributed by atoms with van der Waals surface area (Å²) in [6.45, 7) is -0.0116. The summed E-state index contributed by atoms with van der Waals surface area (Å²) in [5, 5.41) is 3.70. The first-order chi connectivity index (χ1) is 22.0. The molecular formula is C34H30Cl2N2O6S2. The molecule has 1 aromatic heterocycles. The molecule has 46 heavy (non-hydrogen) atoms. The van der Waals surface area contributed by atoms with Crippen LogP contribution in [0.15, 0.2) is 89.8 Å². The third-order valence-electron chi connectivity index (χ3n) is 7.32. The summed E-state index contributed by atoms with van der Waals surface area (Å²) < 4.78 is 40.4. The highest BCUT2D eigenvalue weighted by atomic mass is 35.5. The average molecular weight is 698 g/mol. The molecule has 4 aromatic carbocycles. The Morgan fingerprint density at radius 3 is 2.37 bits per heavy atom. The number of sulfone groups is 1. The molecule has 5 rings (SSSR count). The Balaban J connectivity index is 1.39. The van der Waals surface area contributed by atoms with E-state index in [0.717, 1.165) is 34.2 Å². The van der Waals surface area contributed by atoms with Gasteiger partial charge >= 0.3 is 5.97 Å². The summed E-state index contributed by atoms with van der Waals surface area (Å²) in [5.41, 5.74) is 3.17. The number of amides is 1. The predicted molar refractivity (Wildman–Crippen MR) is 181 cm³/mol. The van der Waals surface area contributed by atoms with E-state index in [1.165, 1.54) is 23.7 Å². The Labute approximate surface area is 281 Å². The van der Waals surface area contributed by atoms with Crippen molar-refractivity contribution in [2.75, 3.05) is 13.4 Å². The first-order valence-electron chi connectivity index (χ1n) is 14.2. The minimum atomic E-state index is -3.50. The molecule has 1 heterocycles. The normalized spacial score (nSPS) is 12.1. The Morgan fingerprint density at radius 1 is 0.913 bits per heavy atom. The zero-order chi connectivity index (χ0) is 32.8. The van der Waals surface area contributed by atoms with Crippen LogP contribution in [0, 0.1) is 0 Å². The van der Waals surface area contributed by atoms with Gasteiger partial charge in [0, 0.05) is 18.1 Å². The van der Waals surface area contributed by atoms with Gasteiger partial charge in [-0.1, -0.05) is 77.8 Å². The maximum Gasteiger partial charge on any atom is 0.329 e. The minimum Gasteiger partial charge on any atom is -0.497 e. The van der Waals surface area contributed by atoms with Crippen LogP contribution in [0.2, 0.25) is 10.0 Å². The lowest BCUT2D eigenvalue weighted by atomic mass is 10.0. The highest BCUT2D eigenvalue weighted by Crippen LogP contribution is 2.37. The first kappa shape index (κ1) is 33.4. The molecule has 0 aliphatic carbocycles. The van der Waals surface area contributed by atoms with Gasteiger partial charge in [-0.25, -0.2) is 13.2 Å². The number of hydrogen-bond acceptors (Lipinski definition) is 8. The molecule has 0 spiro atoms. The van der Waals surface area contributed by atoms with Gasteiger partial charge in [0.05, 0.1) is 38.0 Å². The molecule has 1 N–H and O–H groups in total. The Bertz CT molecular complexity index is 2000. The van der Waals surface area contributed by atoms with E-state index in [0.29, 0.717) is 23.1 Å². The van der Waals surface area contributed by atoms with Crippen molar-refractivity contribution in [1.29, 1.82) is 0 Å². The number of hydrogen-bond donors (Lipinski definition) is 1. The molecule has 1 atom stereocenters. The summed E-state index contributed by atoms with van der Waals surface area (Å²) in [7, 11) is -1.87. The zero-order valence-electron chi connectivity index (χ0n) is 25.0. The molecule has 0 bridgehead atoms. The number of fused-ring (bicyclic) bond motifs is 1. The number of aromatic nitrogens is 1. The van der Waals surface area contributed by atoms with Crippen LogP contribution in [0.3, 0.4) is 0 Å². The van der Waals surface area contributed by atoms with Crippen LogP contribution in [0.5, 0.6) is 5.75 Å². The van der Waals surface area contributed by atoms with Crippen LogP contribution in [-0.4, -0.2) is 44.1 Å². The van der Waals surface area contributed by atoms with Crippen molar-refractivity contribution in [3.8, 4) is 5.75 Å². The molecule has 238 valence electrons. The standard InChI is InChI=1S/C34H30Cl2N2O6S2/c1-43-24-12-6-10-21(16-24)14-15-28-26-19-27(35)30(31(36)32(26)45-38-28)33(39)37-29(34(40)44-20-22-8-4-3-5-9-22)18-23-11-7-13-25(17-23)46(2,41)42/h3-13,16-17,19,29H,14-15,18,20H2,1-2H3,(H,37,39)/t29-/m0/s1. The summed E-state index contributed by atoms with van der Waals surface area (Å²) in [6.07, 6.45) is 2.40. The van der Waals surface area contributed by atoms with Gasteiger partial charge in [0.15, 0.2) is 9.84 Å². The second kappa shape index (κ2) is 14.6. The Morgan fingerprint density at radius 2 is 1.63 bits per heavy atom. The monoisotopic (exact) mass is 696 g/mol. The second-order valence-electron chi connectivity index (χ2n) is 10.6. The molecule has 0 saturated carbocycles. The second-order valence-corrected chi connectivity index (χ2v) is 14.2. The van der Waals surface area contributed by atoms with Crippen molar-refractivity contribution in [3.05, 3.63) is 123 Å². The van der Waals surface area contributed by atoms with E-state index in [1.54, 1.807) is 25.3 Å². The molecule has 0 aliphatic rings. The Hall–Kier alpha value is -3.96. The Kier molecular flexibility index (Phi) is 10.6. The number of carbonyl (C=O) groups is 2. The van der Waals surface area contributed by atoms with Gasteiger partial charge in [0.1, 0.15) is 18.4 Å². The first-order valence-corrected chi connectivity index (χ1v) is 17.6. The van der Waals surface area contributed by atoms with Crippen molar-refractivity contribution in [3.63, 3.8) is 0 Å². The van der Waals surface area contributed by atoms with Gasteiger partial charge in [0.25, 0.3) is 5.91 Å². The molecule has 1 amide bonds. The van der Waals surface area contributed by atoms with Crippen molar-refractivity contribution in [2.45, 2.75) is 36.8 Å². The molecule has 12 heteroatoms. The topological polar surface area (TPSA) is 112 Å². The van der Waals surface area contributed by atoms with Crippen molar-refractivity contribution in [1.82, 2.24) is 9.69 Å². The third-order valence-corrected chi connectivity index (χ3v) is 10.1. The number of halogens is 2.